The Balaban J connectivity index is 1.53. The number of fused-ring (bicyclic) bond motifs is 1. The average molecular weight is 581 g/mol. The first-order chi connectivity index (χ1) is 19.3. The number of carboxylic acid groups (broad SMARTS) is 2. The molecule has 1 aliphatic rings. The van der Waals surface area contributed by atoms with E-state index < -0.39 is 39.5 Å². The molecule has 10 nitrogen and oxygen atoms in total. The van der Waals surface area contributed by atoms with Crippen molar-refractivity contribution in [1.82, 2.24) is 15.0 Å². The van der Waals surface area contributed by atoms with Crippen LogP contribution in [0.5, 0.6) is 5.75 Å². The number of benzene rings is 2. The molecule has 3 atom stereocenters. The number of aliphatic carboxylic acids is 1. The van der Waals surface area contributed by atoms with Crippen LogP contribution in [0.3, 0.4) is 0 Å². The van der Waals surface area contributed by atoms with Crippen LogP contribution in [0.15, 0.2) is 54.2 Å². The fraction of sp³-hybridized carbons (Fsp3) is 0.345. The fourth-order valence-electron chi connectivity index (χ4n) is 5.92. The Morgan fingerprint density at radius 1 is 1.20 bits per heavy atom. The van der Waals surface area contributed by atoms with Crippen LogP contribution in [0, 0.1) is 5.82 Å². The van der Waals surface area contributed by atoms with E-state index in [1.165, 1.54) is 30.4 Å². The second-order valence-corrected chi connectivity index (χ2v) is 12.3. The first-order valence-electron chi connectivity index (χ1n) is 13.1. The molecule has 2 aromatic carbocycles. The lowest BCUT2D eigenvalue weighted by Crippen LogP contribution is -2.79. The number of nitrogens with zero attached hydrogens (tertiary/aromatic N) is 4. The number of quaternary nitrogens is 1. The van der Waals surface area contributed by atoms with E-state index in [0.29, 0.717) is 33.9 Å². The lowest BCUT2D eigenvalue weighted by Gasteiger charge is -2.55. The normalized spacial score (nSPS) is 22.8. The van der Waals surface area contributed by atoms with Gasteiger partial charge in [0.2, 0.25) is 11.5 Å². The highest BCUT2D eigenvalue weighted by molar-refractivity contribution is 7.13. The summed E-state index contributed by atoms with van der Waals surface area (Å²) in [5.41, 5.74) is -0.777. The maximum absolute atomic E-state index is 13.7. The van der Waals surface area contributed by atoms with Crippen molar-refractivity contribution >= 4 is 45.9 Å². The van der Waals surface area contributed by atoms with E-state index in [2.05, 4.69) is 20.3 Å². The summed E-state index contributed by atoms with van der Waals surface area (Å²) in [7, 11) is 0. The van der Waals surface area contributed by atoms with E-state index in [1.54, 1.807) is 51.4 Å². The van der Waals surface area contributed by atoms with E-state index in [9.17, 15) is 24.2 Å². The number of anilines is 2. The zero-order valence-electron chi connectivity index (χ0n) is 23.1. The number of piperidine rings is 1. The predicted molar refractivity (Wildman–Crippen MR) is 153 cm³/mol. The Morgan fingerprint density at radius 2 is 1.98 bits per heavy atom. The van der Waals surface area contributed by atoms with Crippen molar-refractivity contribution in [2.45, 2.75) is 57.7 Å². The molecule has 1 saturated heterocycles. The van der Waals surface area contributed by atoms with Gasteiger partial charge in [0.25, 0.3) is 0 Å². The molecular weight excluding hydrogens is 549 g/mol. The quantitative estimate of drug-likeness (QED) is 0.224. The van der Waals surface area contributed by atoms with E-state index >= 15 is 0 Å². The topological polar surface area (TPSA) is 135 Å². The summed E-state index contributed by atoms with van der Waals surface area (Å²) in [6.07, 6.45) is 1.89. The average Bonchev–Trinajstić information content (AvgIpc) is 3.42. The van der Waals surface area contributed by atoms with Crippen LogP contribution in [-0.2, 0) is 4.79 Å². The summed E-state index contributed by atoms with van der Waals surface area (Å²) in [6.45, 7) is 6.83. The zero-order chi connectivity index (χ0) is 29.6. The molecule has 3 heterocycles. The van der Waals surface area contributed by atoms with Crippen molar-refractivity contribution in [2.24, 2.45) is 0 Å². The number of halogens is 1. The summed E-state index contributed by atoms with van der Waals surface area (Å²) in [6, 6.07) is 9.58. The number of nitrogens with one attached hydrogen (secondary N) is 1. The number of likely N-dealkylation sites (tertiary alicyclic amines) is 1. The van der Waals surface area contributed by atoms with Crippen molar-refractivity contribution in [2.75, 3.05) is 11.9 Å². The third-order valence-electron chi connectivity index (χ3n) is 7.90. The summed E-state index contributed by atoms with van der Waals surface area (Å²) < 4.78 is 19.5. The third-order valence-corrected chi connectivity index (χ3v) is 8.71. The molecule has 12 heteroatoms. The van der Waals surface area contributed by atoms with Gasteiger partial charge in [-0.2, -0.15) is 4.79 Å². The van der Waals surface area contributed by atoms with E-state index in [4.69, 9.17) is 4.74 Å². The van der Waals surface area contributed by atoms with Gasteiger partial charge in [-0.25, -0.2) is 28.6 Å². The molecule has 1 fully saturated rings. The molecule has 214 valence electrons. The van der Waals surface area contributed by atoms with E-state index in [-0.39, 0.29) is 18.9 Å². The summed E-state index contributed by atoms with van der Waals surface area (Å²) in [4.78, 5) is 38.8. The first kappa shape index (κ1) is 28.4. The Kier molecular flexibility index (Phi) is 7.16. The molecule has 4 aromatic rings. The molecule has 0 aliphatic carbocycles. The number of carbonyl (C=O) groups is 2. The summed E-state index contributed by atoms with van der Waals surface area (Å²) >= 11 is 1.42. The Morgan fingerprint density at radius 3 is 2.61 bits per heavy atom. The van der Waals surface area contributed by atoms with Gasteiger partial charge in [0.05, 0.1) is 24.0 Å². The minimum atomic E-state index is -1.64. The van der Waals surface area contributed by atoms with Crippen LogP contribution >= 0.6 is 11.3 Å². The first-order valence-corrected chi connectivity index (χ1v) is 14.0. The summed E-state index contributed by atoms with van der Waals surface area (Å²) in [5.74, 6) is -0.868. The van der Waals surface area contributed by atoms with Gasteiger partial charge in [-0.15, -0.1) is 11.3 Å². The highest BCUT2D eigenvalue weighted by atomic mass is 32.1. The molecule has 1 amide bonds. The number of thiazole rings is 1. The maximum Gasteiger partial charge on any atom is 0.514 e. The molecule has 0 radical (unpaired) electrons. The van der Waals surface area contributed by atoms with Gasteiger partial charge in [0.1, 0.15) is 28.2 Å². The van der Waals surface area contributed by atoms with Gasteiger partial charge in [-0.3, -0.25) is 0 Å². The van der Waals surface area contributed by atoms with E-state index in [1.807, 2.05) is 11.4 Å². The van der Waals surface area contributed by atoms with Crippen LogP contribution in [0.1, 0.15) is 40.5 Å². The number of hydrogen-bond donors (Lipinski definition) is 3. The van der Waals surface area contributed by atoms with Crippen molar-refractivity contribution in [3.05, 3.63) is 60.0 Å². The molecule has 5 rings (SSSR count). The van der Waals surface area contributed by atoms with Crippen molar-refractivity contribution < 1.29 is 33.4 Å². The van der Waals surface area contributed by atoms with Gasteiger partial charge < -0.3 is 20.3 Å². The van der Waals surface area contributed by atoms with Gasteiger partial charge in [-0.1, -0.05) is 6.07 Å². The zero-order valence-corrected chi connectivity index (χ0v) is 23.9. The molecule has 2 aromatic heterocycles. The van der Waals surface area contributed by atoms with Crippen molar-refractivity contribution in [3.63, 3.8) is 0 Å². The highest BCUT2D eigenvalue weighted by Gasteiger charge is 2.67. The Bertz CT molecular complexity index is 1630. The molecule has 3 N–H and O–H groups in total. The molecule has 1 unspecified atom stereocenters. The van der Waals surface area contributed by atoms with Crippen molar-refractivity contribution in [1.29, 1.82) is 0 Å². The van der Waals surface area contributed by atoms with Gasteiger partial charge in [0.15, 0.2) is 0 Å². The standard InChI is InChI=1S/C29H30FN5O5S/c1-28(2,3)35(27(38)39)10-8-20(15-29(35,4)25(36)37)40-23-14-22-17(12-21(23)24-31-9-11-41-24)16-32-26(34-22)33-19-7-5-6-18(30)13-19/h5-7,9,11-14,16,20H,8,10,15H2,1-4H3,(H2-,31,32,33,34,36,37,38,39)/p+1/t20-,29+,35?/m0/s1. The predicted octanol–water partition coefficient (Wildman–Crippen LogP) is 6.31. The number of hydrogen-bond acceptors (Lipinski definition) is 8. The third kappa shape index (κ3) is 4.97. The number of ether oxygens (including phenoxy) is 1. The molecule has 0 bridgehead atoms. The Hall–Kier alpha value is -4.16. The van der Waals surface area contributed by atoms with Crippen LogP contribution < -0.4 is 10.1 Å². The molecule has 0 saturated carbocycles. The van der Waals surface area contributed by atoms with Crippen LogP contribution in [0.2, 0.25) is 0 Å². The van der Waals surface area contributed by atoms with Crippen LogP contribution in [-0.4, -0.2) is 65.4 Å². The number of carboxylic acids is 1. The molecule has 41 heavy (non-hydrogen) atoms. The number of rotatable bonds is 6. The van der Waals surface area contributed by atoms with Gasteiger partial charge in [0, 0.05) is 48.3 Å². The number of amides is 1. The second-order valence-electron chi connectivity index (χ2n) is 11.4. The SMILES string of the molecule is CC(C)(C)[N+]1(C(=O)O)CC[C@H](Oc2cc3nc(Nc4cccc(F)c4)ncc3cc2-c2nccs2)C[C@]1(C)C(=O)O. The monoisotopic (exact) mass is 580 g/mol. The molecule has 1 aliphatic heterocycles. The van der Waals surface area contributed by atoms with Gasteiger partial charge in [-0.05, 0) is 45.0 Å². The lowest BCUT2D eigenvalue weighted by atomic mass is 9.79. The second kappa shape index (κ2) is 10.3. The maximum atomic E-state index is 13.7. The van der Waals surface area contributed by atoms with E-state index in [0.717, 1.165) is 5.39 Å². The Labute approximate surface area is 240 Å². The molecular formula is C29H31FN5O5S+. The minimum Gasteiger partial charge on any atom is -0.489 e. The lowest BCUT2D eigenvalue weighted by molar-refractivity contribution is -0.946. The minimum absolute atomic E-state index is 0.0165. The van der Waals surface area contributed by atoms with Gasteiger partial charge >= 0.3 is 12.1 Å². The summed E-state index contributed by atoms with van der Waals surface area (Å²) in [5, 5.41) is 27.0. The van der Waals surface area contributed by atoms with Crippen LogP contribution in [0.25, 0.3) is 21.5 Å². The fourth-order valence-corrected chi connectivity index (χ4v) is 6.58. The van der Waals surface area contributed by atoms with Crippen molar-refractivity contribution in [3.8, 4) is 16.3 Å². The highest BCUT2D eigenvalue weighted by Crippen LogP contribution is 2.45. The number of aromatic nitrogens is 3. The largest absolute Gasteiger partial charge is 0.514 e. The van der Waals surface area contributed by atoms with Crippen LogP contribution in [0.4, 0.5) is 20.8 Å². The molecule has 0 spiro atoms. The smallest absolute Gasteiger partial charge is 0.489 e.